The van der Waals surface area contributed by atoms with Gasteiger partial charge in [-0.15, -0.1) is 0 Å². The van der Waals surface area contributed by atoms with Crippen molar-refractivity contribution in [2.24, 2.45) is 5.41 Å². The Labute approximate surface area is 110 Å². The number of hydrogen-bond donors (Lipinski definition) is 2. The molecule has 0 atom stereocenters. The van der Waals surface area contributed by atoms with Crippen molar-refractivity contribution in [2.45, 2.75) is 34.1 Å². The molecule has 0 unspecified atom stereocenters. The molecule has 0 spiro atoms. The Hall–Kier alpha value is -1.51. The molecule has 0 saturated heterocycles. The van der Waals surface area contributed by atoms with Crippen molar-refractivity contribution in [3.8, 4) is 0 Å². The van der Waals surface area contributed by atoms with Gasteiger partial charge in [-0.1, -0.05) is 26.8 Å². The maximum Gasteiger partial charge on any atom is 0.253 e. The third kappa shape index (κ3) is 3.76. The van der Waals surface area contributed by atoms with Crippen molar-refractivity contribution >= 4 is 11.6 Å². The molecule has 1 amide bonds. The van der Waals surface area contributed by atoms with Gasteiger partial charge in [0.2, 0.25) is 0 Å². The highest BCUT2D eigenvalue weighted by Gasteiger charge is 2.17. The van der Waals surface area contributed by atoms with Gasteiger partial charge in [-0.05, 0) is 36.5 Å². The monoisotopic (exact) mass is 248 g/mol. The summed E-state index contributed by atoms with van der Waals surface area (Å²) >= 11 is 0. The predicted molar refractivity (Wildman–Crippen MR) is 77.1 cm³/mol. The number of rotatable bonds is 5. The zero-order chi connectivity index (χ0) is 13.8. The van der Waals surface area contributed by atoms with Crippen LogP contribution in [0.5, 0.6) is 0 Å². The molecule has 1 aromatic rings. The number of benzene rings is 1. The van der Waals surface area contributed by atoms with Gasteiger partial charge in [0.05, 0.1) is 5.56 Å². The molecule has 0 heterocycles. The Morgan fingerprint density at radius 2 is 2.00 bits per heavy atom. The van der Waals surface area contributed by atoms with Gasteiger partial charge >= 0.3 is 0 Å². The van der Waals surface area contributed by atoms with Crippen LogP contribution in [0, 0.1) is 12.3 Å². The van der Waals surface area contributed by atoms with E-state index in [2.05, 4.69) is 31.4 Å². The zero-order valence-electron chi connectivity index (χ0n) is 12.1. The third-order valence-corrected chi connectivity index (χ3v) is 3.37. The second-order valence-corrected chi connectivity index (χ2v) is 5.50. The van der Waals surface area contributed by atoms with E-state index in [1.54, 1.807) is 0 Å². The summed E-state index contributed by atoms with van der Waals surface area (Å²) < 4.78 is 0. The van der Waals surface area contributed by atoms with Gasteiger partial charge in [0.1, 0.15) is 0 Å². The topological polar surface area (TPSA) is 41.1 Å². The van der Waals surface area contributed by atoms with Crippen LogP contribution in [0.4, 0.5) is 5.69 Å². The third-order valence-electron chi connectivity index (χ3n) is 3.37. The highest BCUT2D eigenvalue weighted by atomic mass is 16.1. The Morgan fingerprint density at radius 3 is 2.56 bits per heavy atom. The van der Waals surface area contributed by atoms with E-state index in [1.807, 2.05) is 32.2 Å². The lowest BCUT2D eigenvalue weighted by atomic mass is 9.90. The van der Waals surface area contributed by atoms with E-state index in [4.69, 9.17) is 0 Å². The predicted octanol–water partition coefficient (Wildman–Crippen LogP) is 3.20. The molecular weight excluding hydrogens is 224 g/mol. The normalized spacial score (nSPS) is 11.2. The minimum atomic E-state index is -0.0131. The van der Waals surface area contributed by atoms with Crippen molar-refractivity contribution < 1.29 is 4.79 Å². The standard InChI is InChI=1S/C15H24N2O/c1-6-15(3,4)10-17-14(18)12-8-7-11(2)9-13(12)16-5/h7-9,16H,6,10H2,1-5H3,(H,17,18). The Balaban J connectivity index is 2.79. The van der Waals surface area contributed by atoms with Gasteiger partial charge < -0.3 is 10.6 Å². The van der Waals surface area contributed by atoms with Crippen LogP contribution in [0.15, 0.2) is 18.2 Å². The smallest absolute Gasteiger partial charge is 0.253 e. The van der Waals surface area contributed by atoms with E-state index >= 15 is 0 Å². The highest BCUT2D eigenvalue weighted by molar-refractivity contribution is 5.99. The van der Waals surface area contributed by atoms with Crippen LogP contribution in [0.25, 0.3) is 0 Å². The summed E-state index contributed by atoms with van der Waals surface area (Å²) in [6.45, 7) is 9.15. The molecule has 0 radical (unpaired) electrons. The zero-order valence-corrected chi connectivity index (χ0v) is 12.1. The fraction of sp³-hybridized carbons (Fsp3) is 0.533. The summed E-state index contributed by atoms with van der Waals surface area (Å²) in [6.07, 6.45) is 1.04. The molecule has 100 valence electrons. The summed E-state index contributed by atoms with van der Waals surface area (Å²) in [5.74, 6) is -0.0131. The van der Waals surface area contributed by atoms with Crippen molar-refractivity contribution in [3.63, 3.8) is 0 Å². The molecule has 0 fully saturated rings. The van der Waals surface area contributed by atoms with Crippen molar-refractivity contribution in [3.05, 3.63) is 29.3 Å². The summed E-state index contributed by atoms with van der Waals surface area (Å²) in [5.41, 5.74) is 2.86. The average Bonchev–Trinajstić information content (AvgIpc) is 2.36. The molecule has 0 bridgehead atoms. The average molecular weight is 248 g/mol. The first-order valence-electron chi connectivity index (χ1n) is 6.46. The fourth-order valence-corrected chi connectivity index (χ4v) is 1.60. The Kier molecular flexibility index (Phi) is 4.76. The fourth-order valence-electron chi connectivity index (χ4n) is 1.60. The molecular formula is C15H24N2O. The van der Waals surface area contributed by atoms with Crippen molar-refractivity contribution in [1.82, 2.24) is 5.32 Å². The lowest BCUT2D eigenvalue weighted by Crippen LogP contribution is -2.33. The maximum absolute atomic E-state index is 12.1. The van der Waals surface area contributed by atoms with E-state index in [9.17, 15) is 4.79 Å². The van der Waals surface area contributed by atoms with Crippen LogP contribution in [0.2, 0.25) is 0 Å². The number of carbonyl (C=O) groups excluding carboxylic acids is 1. The minimum Gasteiger partial charge on any atom is -0.387 e. The maximum atomic E-state index is 12.1. The van der Waals surface area contributed by atoms with Crippen LogP contribution in [-0.2, 0) is 0 Å². The number of nitrogens with one attached hydrogen (secondary N) is 2. The second kappa shape index (κ2) is 5.89. The number of amides is 1. The lowest BCUT2D eigenvalue weighted by Gasteiger charge is -2.23. The van der Waals surface area contributed by atoms with E-state index in [1.165, 1.54) is 0 Å². The number of anilines is 1. The molecule has 3 nitrogen and oxygen atoms in total. The molecule has 2 N–H and O–H groups in total. The van der Waals surface area contributed by atoms with E-state index in [-0.39, 0.29) is 11.3 Å². The Bertz CT molecular complexity index is 425. The minimum absolute atomic E-state index is 0.0131. The molecule has 0 aliphatic heterocycles. The highest BCUT2D eigenvalue weighted by Crippen LogP contribution is 2.20. The summed E-state index contributed by atoms with van der Waals surface area (Å²) in [7, 11) is 1.83. The molecule has 0 aliphatic rings. The van der Waals surface area contributed by atoms with Gasteiger partial charge in [-0.25, -0.2) is 0 Å². The first-order chi connectivity index (χ1) is 8.39. The van der Waals surface area contributed by atoms with Crippen LogP contribution in [0.3, 0.4) is 0 Å². The van der Waals surface area contributed by atoms with Crippen molar-refractivity contribution in [2.75, 3.05) is 18.9 Å². The van der Waals surface area contributed by atoms with Gasteiger partial charge in [0, 0.05) is 19.3 Å². The first-order valence-corrected chi connectivity index (χ1v) is 6.46. The SMILES string of the molecule is CCC(C)(C)CNC(=O)c1ccc(C)cc1NC. The van der Waals surface area contributed by atoms with Gasteiger partial charge in [0.25, 0.3) is 5.91 Å². The van der Waals surface area contributed by atoms with Gasteiger partial charge in [-0.3, -0.25) is 4.79 Å². The van der Waals surface area contributed by atoms with Crippen LogP contribution in [-0.4, -0.2) is 19.5 Å². The Morgan fingerprint density at radius 1 is 1.33 bits per heavy atom. The molecule has 3 heteroatoms. The molecule has 18 heavy (non-hydrogen) atoms. The van der Waals surface area contributed by atoms with Crippen LogP contribution in [0.1, 0.15) is 43.1 Å². The van der Waals surface area contributed by atoms with Crippen LogP contribution >= 0.6 is 0 Å². The van der Waals surface area contributed by atoms with E-state index in [0.29, 0.717) is 12.1 Å². The number of carbonyl (C=O) groups is 1. The quantitative estimate of drug-likeness (QED) is 0.840. The number of aryl methyl sites for hydroxylation is 1. The van der Waals surface area contributed by atoms with E-state index in [0.717, 1.165) is 17.7 Å². The van der Waals surface area contributed by atoms with Crippen molar-refractivity contribution in [1.29, 1.82) is 0 Å². The number of hydrogen-bond acceptors (Lipinski definition) is 2. The van der Waals surface area contributed by atoms with E-state index < -0.39 is 0 Å². The largest absolute Gasteiger partial charge is 0.387 e. The van der Waals surface area contributed by atoms with Gasteiger partial charge in [0.15, 0.2) is 0 Å². The molecule has 0 saturated carbocycles. The first kappa shape index (κ1) is 14.6. The molecule has 1 rings (SSSR count). The molecule has 0 aliphatic carbocycles. The van der Waals surface area contributed by atoms with Gasteiger partial charge in [-0.2, -0.15) is 0 Å². The summed E-state index contributed by atoms with van der Waals surface area (Å²) in [5, 5.41) is 6.07. The molecule has 0 aromatic heterocycles. The second-order valence-electron chi connectivity index (χ2n) is 5.50. The summed E-state index contributed by atoms with van der Waals surface area (Å²) in [6, 6.07) is 5.82. The van der Waals surface area contributed by atoms with Crippen LogP contribution < -0.4 is 10.6 Å². The lowest BCUT2D eigenvalue weighted by molar-refractivity contribution is 0.0936. The summed E-state index contributed by atoms with van der Waals surface area (Å²) in [4.78, 5) is 12.1. The molecule has 1 aromatic carbocycles.